The topological polar surface area (TPSA) is 3.24 Å². The molecule has 11 rings (SSSR count). The molecule has 0 saturated carbocycles. The molecule has 0 bridgehead atoms. The third kappa shape index (κ3) is 6.05. The lowest BCUT2D eigenvalue weighted by atomic mass is 9.67. The van der Waals surface area contributed by atoms with Crippen LogP contribution in [0.25, 0.3) is 44.5 Å². The Hall–Kier alpha value is -7.22. The smallest absolute Gasteiger partial charge is 0.0714 e. The Morgan fingerprint density at radius 3 is 1.62 bits per heavy atom. The number of fused-ring (bicyclic) bond motifs is 6. The highest BCUT2D eigenvalue weighted by Gasteiger charge is 2.46. The Bertz CT molecular complexity index is 3130. The van der Waals surface area contributed by atoms with Crippen LogP contribution in [0.4, 0.5) is 17.1 Å². The maximum absolute atomic E-state index is 2.51. The fourth-order valence-electron chi connectivity index (χ4n) is 10.8. The molecule has 0 spiro atoms. The second-order valence-corrected chi connectivity index (χ2v) is 18.9. The van der Waals surface area contributed by atoms with Gasteiger partial charge in [0, 0.05) is 22.4 Å². The maximum Gasteiger partial charge on any atom is 0.0714 e. The van der Waals surface area contributed by atoms with E-state index in [4.69, 9.17) is 0 Å². The van der Waals surface area contributed by atoms with Crippen LogP contribution in [0.1, 0.15) is 73.6 Å². The molecule has 304 valence electrons. The average Bonchev–Trinajstić information content (AvgIpc) is 3.75. The van der Waals surface area contributed by atoms with Crippen LogP contribution in [0.3, 0.4) is 0 Å². The molecule has 9 aromatic rings. The highest BCUT2D eigenvalue weighted by atomic mass is 15.1. The van der Waals surface area contributed by atoms with E-state index in [9.17, 15) is 0 Å². The lowest BCUT2D eigenvalue weighted by Crippen LogP contribution is -2.28. The first-order chi connectivity index (χ1) is 30.7. The van der Waals surface area contributed by atoms with Crippen molar-refractivity contribution < 1.29 is 0 Å². The van der Waals surface area contributed by atoms with E-state index in [-0.39, 0.29) is 10.8 Å². The summed E-state index contributed by atoms with van der Waals surface area (Å²) in [7, 11) is 0. The second kappa shape index (κ2) is 14.7. The minimum absolute atomic E-state index is 0.0555. The van der Waals surface area contributed by atoms with Gasteiger partial charge in [-0.2, -0.15) is 0 Å². The van der Waals surface area contributed by atoms with Crippen LogP contribution in [0, 0.1) is 0 Å². The Morgan fingerprint density at radius 1 is 0.365 bits per heavy atom. The minimum Gasteiger partial charge on any atom is -0.310 e. The zero-order valence-electron chi connectivity index (χ0n) is 36.7. The molecule has 0 unspecified atom stereocenters. The molecule has 0 amide bonds. The summed E-state index contributed by atoms with van der Waals surface area (Å²) in [5.41, 5.74) is 22.0. The van der Waals surface area contributed by atoms with Crippen LogP contribution in [0.5, 0.6) is 0 Å². The number of hydrogen-bond donors (Lipinski definition) is 0. The highest BCUT2D eigenvalue weighted by molar-refractivity contribution is 5.99. The lowest BCUT2D eigenvalue weighted by molar-refractivity contribution is 0.584. The van der Waals surface area contributed by atoms with Gasteiger partial charge in [0.25, 0.3) is 0 Å². The molecule has 1 heteroatoms. The molecule has 63 heavy (non-hydrogen) atoms. The van der Waals surface area contributed by atoms with E-state index in [0.717, 1.165) is 17.1 Å². The van der Waals surface area contributed by atoms with Crippen LogP contribution in [0.2, 0.25) is 0 Å². The van der Waals surface area contributed by atoms with Crippen molar-refractivity contribution in [3.8, 4) is 44.5 Å². The largest absolute Gasteiger partial charge is 0.310 e. The van der Waals surface area contributed by atoms with E-state index in [2.05, 4.69) is 258 Å². The first kappa shape index (κ1) is 38.7. The zero-order valence-corrected chi connectivity index (χ0v) is 36.7. The van der Waals surface area contributed by atoms with Gasteiger partial charge in [-0.15, -0.1) is 0 Å². The molecular formula is C62H51N. The third-order valence-electron chi connectivity index (χ3n) is 13.9. The van der Waals surface area contributed by atoms with Gasteiger partial charge in [-0.05, 0) is 114 Å². The van der Waals surface area contributed by atoms with Crippen molar-refractivity contribution >= 4 is 17.1 Å². The van der Waals surface area contributed by atoms with Gasteiger partial charge in [0.2, 0.25) is 0 Å². The van der Waals surface area contributed by atoms with Crippen LogP contribution in [-0.2, 0) is 16.2 Å². The van der Waals surface area contributed by atoms with Gasteiger partial charge in [-0.1, -0.05) is 223 Å². The molecule has 0 N–H and O–H groups in total. The number of hydrogen-bond acceptors (Lipinski definition) is 1. The monoisotopic (exact) mass is 809 g/mol. The minimum atomic E-state index is -0.525. The Labute approximate surface area is 373 Å². The van der Waals surface area contributed by atoms with Crippen molar-refractivity contribution in [2.45, 2.75) is 50.9 Å². The quantitative estimate of drug-likeness (QED) is 0.155. The molecule has 0 radical (unpaired) electrons. The van der Waals surface area contributed by atoms with Gasteiger partial charge >= 0.3 is 0 Å². The van der Waals surface area contributed by atoms with Crippen molar-refractivity contribution in [1.82, 2.24) is 0 Å². The van der Waals surface area contributed by atoms with Gasteiger partial charge in [0.1, 0.15) is 0 Å². The molecule has 0 saturated heterocycles. The van der Waals surface area contributed by atoms with Gasteiger partial charge in [0.05, 0.1) is 11.1 Å². The predicted molar refractivity (Wildman–Crippen MR) is 266 cm³/mol. The van der Waals surface area contributed by atoms with Crippen LogP contribution in [0.15, 0.2) is 218 Å². The molecular weight excluding hydrogens is 759 g/mol. The summed E-state index contributed by atoms with van der Waals surface area (Å²) < 4.78 is 0. The summed E-state index contributed by atoms with van der Waals surface area (Å²) in [5, 5.41) is 0. The molecule has 1 nitrogen and oxygen atoms in total. The number of rotatable bonds is 7. The zero-order chi connectivity index (χ0) is 42.9. The molecule has 0 heterocycles. The van der Waals surface area contributed by atoms with Crippen LogP contribution < -0.4 is 4.90 Å². The summed E-state index contributed by atoms with van der Waals surface area (Å²) in [5.74, 6) is 0. The van der Waals surface area contributed by atoms with Gasteiger partial charge < -0.3 is 4.90 Å². The molecule has 0 atom stereocenters. The molecule has 0 fully saturated rings. The number of anilines is 3. The lowest BCUT2D eigenvalue weighted by Gasteiger charge is -2.35. The van der Waals surface area contributed by atoms with Crippen LogP contribution in [-0.4, -0.2) is 0 Å². The molecule has 2 aliphatic carbocycles. The Balaban J connectivity index is 1.18. The first-order valence-corrected chi connectivity index (χ1v) is 22.3. The fourth-order valence-corrected chi connectivity index (χ4v) is 10.8. The van der Waals surface area contributed by atoms with Crippen molar-refractivity contribution in [1.29, 1.82) is 0 Å². The van der Waals surface area contributed by atoms with Crippen molar-refractivity contribution in [2.24, 2.45) is 0 Å². The van der Waals surface area contributed by atoms with Gasteiger partial charge in [-0.3, -0.25) is 0 Å². The normalized spacial score (nSPS) is 14.0. The summed E-state index contributed by atoms with van der Waals surface area (Å²) in [6.07, 6.45) is 0. The number of nitrogens with zero attached hydrogens (tertiary/aromatic N) is 1. The van der Waals surface area contributed by atoms with Gasteiger partial charge in [0.15, 0.2) is 0 Å². The summed E-state index contributed by atoms with van der Waals surface area (Å²) >= 11 is 0. The van der Waals surface area contributed by atoms with E-state index in [1.807, 2.05) is 0 Å². The van der Waals surface area contributed by atoms with Gasteiger partial charge in [-0.25, -0.2) is 0 Å². The Kier molecular flexibility index (Phi) is 9.03. The molecule has 0 aliphatic heterocycles. The highest BCUT2D eigenvalue weighted by Crippen LogP contribution is 2.58. The van der Waals surface area contributed by atoms with E-state index < -0.39 is 5.41 Å². The van der Waals surface area contributed by atoms with Crippen molar-refractivity contribution in [3.05, 3.63) is 257 Å². The SMILES string of the molecule is CC(C)(C)c1ccc2c(c1)C(C)(C)c1cccc(-c3ccccc3N(c3cccc(-c4ccccc4)c3)c3ccc4c(c3)C(c3ccccc3)(c3ccccc3)c3ccccc3-4)c1-2. The third-order valence-corrected chi connectivity index (χ3v) is 13.9. The van der Waals surface area contributed by atoms with E-state index in [1.165, 1.54) is 83.5 Å². The van der Waals surface area contributed by atoms with Crippen molar-refractivity contribution in [2.75, 3.05) is 4.90 Å². The standard InChI is InChI=1S/C62H51N/c1-60(2,3)46-35-37-53-56(40-46)61(4,5)55-33-20-31-52(59(53)55)51-30-16-18-34-58(51)63(47-28-19-23-43(39-47)42-21-9-6-10-22-42)48-36-38-50-49-29-15-17-32-54(49)62(57(50)41-48,44-24-11-7-12-25-44)45-26-13-8-14-27-45/h6-41H,1-5H3. The Morgan fingerprint density at radius 2 is 0.905 bits per heavy atom. The van der Waals surface area contributed by atoms with E-state index in [0.29, 0.717) is 0 Å². The summed E-state index contributed by atoms with van der Waals surface area (Å²) in [6.45, 7) is 11.7. The fraction of sp³-hybridized carbons (Fsp3) is 0.129. The average molecular weight is 810 g/mol. The van der Waals surface area contributed by atoms with E-state index in [1.54, 1.807) is 0 Å². The number of benzene rings is 9. The maximum atomic E-state index is 2.51. The first-order valence-electron chi connectivity index (χ1n) is 22.3. The molecule has 0 aromatic heterocycles. The van der Waals surface area contributed by atoms with Crippen LogP contribution >= 0.6 is 0 Å². The summed E-state index contributed by atoms with van der Waals surface area (Å²) in [6, 6.07) is 81.5. The molecule has 9 aromatic carbocycles. The second-order valence-electron chi connectivity index (χ2n) is 18.9. The van der Waals surface area contributed by atoms with Crippen molar-refractivity contribution in [3.63, 3.8) is 0 Å². The predicted octanol–water partition coefficient (Wildman–Crippen LogP) is 16.5. The molecule has 2 aliphatic rings. The number of para-hydroxylation sites is 1. The van der Waals surface area contributed by atoms with E-state index >= 15 is 0 Å². The summed E-state index contributed by atoms with van der Waals surface area (Å²) in [4.78, 5) is 2.51.